The van der Waals surface area contributed by atoms with Crippen molar-refractivity contribution < 1.29 is 73.2 Å². The number of aliphatic carboxylic acids is 3. The van der Waals surface area contributed by atoms with Crippen molar-refractivity contribution in [2.45, 2.75) is 165 Å². The molecule has 2 aromatic carbocycles. The lowest BCUT2D eigenvalue weighted by atomic mass is 10.0. The van der Waals surface area contributed by atoms with Crippen LogP contribution in [0.3, 0.4) is 0 Å². The van der Waals surface area contributed by atoms with Crippen LogP contribution in [-0.4, -0.2) is 160 Å². The van der Waals surface area contributed by atoms with Gasteiger partial charge in [0, 0.05) is 25.7 Å². The van der Waals surface area contributed by atoms with Gasteiger partial charge >= 0.3 is 17.9 Å². The van der Waals surface area contributed by atoms with Gasteiger partial charge in [-0.2, -0.15) is 0 Å². The Kier molecular flexibility index (Phi) is 31.0. The molecule has 0 radical (unpaired) electrons. The summed E-state index contributed by atoms with van der Waals surface area (Å²) in [7, 11) is 0. The van der Waals surface area contributed by atoms with E-state index in [1.54, 1.807) is 30.3 Å². The Bertz CT molecular complexity index is 2330. The Hall–Kier alpha value is -7.75. The molecule has 0 saturated carbocycles. The molecule has 20 N–H and O–H groups in total. The zero-order chi connectivity index (χ0) is 59.0. The standard InChI is InChI=1S/C52H80N12O15/c1-30(57-46(72)35(56)21-23-42(66)67)44(70)59-36(14-6-9-25-53)48(74)60-37(15-7-10-26-54)49(75)64-41(28-32-12-4-3-5-13-32)50(76)61-38(22-24-43(68)69)47(73)58-31(2)45(71)63-40(29-33-17-19-34(65)20-18-33)51(77)62-39(52(78)79)16-8-11-27-55/h3-5,12-13,17-20,30-31,35-41,65H,6-11,14-16,21-29,53-56H2,1-2H3,(H,57,72)(H,58,73)(H,59,70)(H,60,74)(H,61,76)(H,62,77)(H,63,71)(H,64,75)(H,66,67)(H,68,69)(H,78,79)/t30-,31-,35-,36-,37-,38-,39-,40-,41-/m0/s1. The molecule has 0 aliphatic carbocycles. The highest BCUT2D eigenvalue weighted by molar-refractivity contribution is 5.98. The van der Waals surface area contributed by atoms with Crippen molar-refractivity contribution in [1.29, 1.82) is 0 Å². The number of amides is 8. The molecule has 0 spiro atoms. The monoisotopic (exact) mass is 1110 g/mol. The summed E-state index contributed by atoms with van der Waals surface area (Å²) in [6, 6.07) is 1.60. The van der Waals surface area contributed by atoms with Gasteiger partial charge in [0.15, 0.2) is 0 Å². The van der Waals surface area contributed by atoms with Crippen LogP contribution < -0.4 is 65.5 Å². The van der Waals surface area contributed by atoms with E-state index in [-0.39, 0.29) is 57.4 Å². The number of phenolic OH excluding ortho intramolecular Hbond substituents is 1. The first-order valence-electron chi connectivity index (χ1n) is 26.3. The zero-order valence-electron chi connectivity index (χ0n) is 44.7. The number of carbonyl (C=O) groups excluding carboxylic acids is 8. The van der Waals surface area contributed by atoms with Gasteiger partial charge in [0.2, 0.25) is 47.3 Å². The minimum atomic E-state index is -1.64. The van der Waals surface area contributed by atoms with E-state index in [1.165, 1.54) is 38.1 Å². The third-order valence-electron chi connectivity index (χ3n) is 12.4. The summed E-state index contributed by atoms with van der Waals surface area (Å²) in [4.78, 5) is 145. The molecule has 0 fully saturated rings. The van der Waals surface area contributed by atoms with Crippen molar-refractivity contribution >= 4 is 65.2 Å². The normalized spacial score (nSPS) is 14.4. The van der Waals surface area contributed by atoms with Crippen molar-refractivity contribution in [3.63, 3.8) is 0 Å². The molecule has 0 bridgehead atoms. The SMILES string of the molecule is C[C@H](NC(=O)[C@H](CCC(=O)O)NC(=O)[C@H](Cc1ccccc1)NC(=O)[C@H](CCCCN)NC(=O)[C@H](CCCCN)NC(=O)[C@H](C)NC(=O)[C@@H](N)CCC(=O)O)C(=O)N[C@@H](Cc1ccc(O)cc1)C(=O)N[C@@H](CCCCN)C(=O)O. The number of hydrogen-bond donors (Lipinski definition) is 16. The summed E-state index contributed by atoms with van der Waals surface area (Å²) < 4.78 is 0. The topological polar surface area (TPSA) is 469 Å². The zero-order valence-corrected chi connectivity index (χ0v) is 44.7. The maximum atomic E-state index is 14.4. The molecule has 9 atom stereocenters. The highest BCUT2D eigenvalue weighted by Gasteiger charge is 2.34. The van der Waals surface area contributed by atoms with Gasteiger partial charge in [-0.3, -0.25) is 47.9 Å². The predicted molar refractivity (Wildman–Crippen MR) is 287 cm³/mol. The molecule has 0 saturated heterocycles. The molecule has 0 unspecified atom stereocenters. The van der Waals surface area contributed by atoms with E-state index in [2.05, 4.69) is 42.5 Å². The lowest BCUT2D eigenvalue weighted by Gasteiger charge is -2.27. The number of nitrogens with one attached hydrogen (secondary N) is 8. The van der Waals surface area contributed by atoms with E-state index in [1.807, 2.05) is 0 Å². The van der Waals surface area contributed by atoms with Crippen molar-refractivity contribution in [2.24, 2.45) is 22.9 Å². The minimum Gasteiger partial charge on any atom is -0.508 e. The van der Waals surface area contributed by atoms with E-state index in [9.17, 15) is 68.1 Å². The van der Waals surface area contributed by atoms with Crippen LogP contribution in [0.4, 0.5) is 0 Å². The molecule has 2 aromatic rings. The second kappa shape index (κ2) is 36.4. The van der Waals surface area contributed by atoms with E-state index < -0.39 is 139 Å². The Morgan fingerprint density at radius 1 is 0.405 bits per heavy atom. The summed E-state index contributed by atoms with van der Waals surface area (Å²) >= 11 is 0. The highest BCUT2D eigenvalue weighted by Crippen LogP contribution is 2.14. The number of aromatic hydroxyl groups is 1. The maximum absolute atomic E-state index is 14.4. The number of rotatable bonds is 39. The molecule has 8 amide bonds. The van der Waals surface area contributed by atoms with Crippen LogP contribution in [0.25, 0.3) is 0 Å². The van der Waals surface area contributed by atoms with Gasteiger partial charge in [-0.1, -0.05) is 42.5 Å². The van der Waals surface area contributed by atoms with Gasteiger partial charge in [0.25, 0.3) is 0 Å². The largest absolute Gasteiger partial charge is 0.508 e. The molecule has 79 heavy (non-hydrogen) atoms. The van der Waals surface area contributed by atoms with Crippen LogP contribution in [0, 0.1) is 0 Å². The summed E-state index contributed by atoms with van der Waals surface area (Å²) in [6.07, 6.45) is 0.356. The first-order valence-corrected chi connectivity index (χ1v) is 26.3. The maximum Gasteiger partial charge on any atom is 0.326 e. The number of phenols is 1. The predicted octanol–water partition coefficient (Wildman–Crippen LogP) is -2.38. The van der Waals surface area contributed by atoms with Crippen LogP contribution in [-0.2, 0) is 65.6 Å². The molecule has 0 aromatic heterocycles. The number of carbonyl (C=O) groups is 11. The van der Waals surface area contributed by atoms with E-state index >= 15 is 0 Å². The molecule has 438 valence electrons. The van der Waals surface area contributed by atoms with Gasteiger partial charge in [-0.05, 0) is 127 Å². The summed E-state index contributed by atoms with van der Waals surface area (Å²) in [6.45, 7) is 3.35. The van der Waals surface area contributed by atoms with E-state index in [4.69, 9.17) is 28.0 Å². The fourth-order valence-corrected chi connectivity index (χ4v) is 7.80. The van der Waals surface area contributed by atoms with E-state index in [0.717, 1.165) is 0 Å². The smallest absolute Gasteiger partial charge is 0.326 e. The molecule has 0 heterocycles. The number of unbranched alkanes of at least 4 members (excludes halogenated alkanes) is 3. The summed E-state index contributed by atoms with van der Waals surface area (Å²) in [5.41, 5.74) is 23.8. The molecule has 27 nitrogen and oxygen atoms in total. The average Bonchev–Trinajstić information content (AvgIpc) is 3.40. The third kappa shape index (κ3) is 26.4. The number of hydrogen-bond acceptors (Lipinski definition) is 16. The van der Waals surface area contributed by atoms with Crippen molar-refractivity contribution in [3.8, 4) is 5.75 Å². The van der Waals surface area contributed by atoms with Gasteiger partial charge in [-0.25, -0.2) is 4.79 Å². The number of benzene rings is 2. The first-order chi connectivity index (χ1) is 37.5. The number of nitrogens with two attached hydrogens (primary N) is 4. The highest BCUT2D eigenvalue weighted by atomic mass is 16.4. The quantitative estimate of drug-likeness (QED) is 0.0311. The second-order valence-electron chi connectivity index (χ2n) is 19.1. The van der Waals surface area contributed by atoms with Crippen LogP contribution in [0.1, 0.15) is 108 Å². The van der Waals surface area contributed by atoms with Gasteiger partial charge < -0.3 is 85.9 Å². The van der Waals surface area contributed by atoms with E-state index in [0.29, 0.717) is 56.2 Å². The molecule has 0 aliphatic rings. The fraction of sp³-hybridized carbons (Fsp3) is 0.558. The summed E-state index contributed by atoms with van der Waals surface area (Å²) in [5.74, 6) is -11.0. The summed E-state index contributed by atoms with van der Waals surface area (Å²) in [5, 5.41) is 58.4. The average molecular weight is 1110 g/mol. The first kappa shape index (κ1) is 67.4. The lowest BCUT2D eigenvalue weighted by molar-refractivity contribution is -0.142. The third-order valence-corrected chi connectivity index (χ3v) is 12.4. The Morgan fingerprint density at radius 3 is 1.19 bits per heavy atom. The molecule has 27 heteroatoms. The van der Waals surface area contributed by atoms with Gasteiger partial charge in [0.1, 0.15) is 54.1 Å². The second-order valence-corrected chi connectivity index (χ2v) is 19.1. The van der Waals surface area contributed by atoms with Crippen LogP contribution in [0.2, 0.25) is 0 Å². The van der Waals surface area contributed by atoms with Gasteiger partial charge in [0.05, 0.1) is 6.04 Å². The fourth-order valence-electron chi connectivity index (χ4n) is 7.80. The Morgan fingerprint density at radius 2 is 0.747 bits per heavy atom. The lowest BCUT2D eigenvalue weighted by Crippen LogP contribution is -2.60. The molecule has 2 rings (SSSR count). The number of carboxylic acid groups (broad SMARTS) is 3. The van der Waals surface area contributed by atoms with Crippen LogP contribution in [0.15, 0.2) is 54.6 Å². The van der Waals surface area contributed by atoms with Crippen molar-refractivity contribution in [2.75, 3.05) is 19.6 Å². The molecular formula is C52H80N12O15. The van der Waals surface area contributed by atoms with Crippen molar-refractivity contribution in [3.05, 3.63) is 65.7 Å². The molecular weight excluding hydrogens is 1030 g/mol. The van der Waals surface area contributed by atoms with Crippen molar-refractivity contribution in [1.82, 2.24) is 42.5 Å². The molecule has 0 aliphatic heterocycles. The Balaban J connectivity index is 2.42. The van der Waals surface area contributed by atoms with Gasteiger partial charge in [-0.15, -0.1) is 0 Å². The number of carboxylic acids is 3. The minimum absolute atomic E-state index is 0.00536. The van der Waals surface area contributed by atoms with Crippen LogP contribution >= 0.6 is 0 Å². The van der Waals surface area contributed by atoms with Crippen LogP contribution in [0.5, 0.6) is 5.75 Å². The Labute approximate surface area is 458 Å².